The number of esters is 1. The maximum Gasteiger partial charge on any atom is 0.347 e. The Bertz CT molecular complexity index is 598. The molecule has 2 rings (SSSR count). The van der Waals surface area contributed by atoms with Crippen molar-refractivity contribution in [3.8, 4) is 11.5 Å². The zero-order valence-corrected chi connectivity index (χ0v) is 10.5. The lowest BCUT2D eigenvalue weighted by molar-refractivity contribution is 0.0731. The largest absolute Gasteiger partial charge is 0.507 e. The van der Waals surface area contributed by atoms with Crippen LogP contribution in [-0.2, 0) is 0 Å². The molecule has 2 aromatic carbocycles. The molecule has 0 unspecified atom stereocenters. The number of ether oxygens (including phenoxy) is 1. The van der Waals surface area contributed by atoms with E-state index in [1.54, 1.807) is 24.3 Å². The number of allylic oxidation sites excluding steroid dienone is 1. The van der Waals surface area contributed by atoms with Gasteiger partial charge in [-0.05, 0) is 36.8 Å². The second-order valence-electron chi connectivity index (χ2n) is 3.98. The third-order valence-corrected chi connectivity index (χ3v) is 2.57. The number of hydrogen-bond donors (Lipinski definition) is 1. The summed E-state index contributed by atoms with van der Waals surface area (Å²) in [5.74, 6) is -0.212. The molecule has 1 N–H and O–H groups in total. The van der Waals surface area contributed by atoms with Crippen LogP contribution in [0.4, 0.5) is 0 Å². The van der Waals surface area contributed by atoms with Crippen LogP contribution in [0.3, 0.4) is 0 Å². The average molecular weight is 254 g/mol. The molecule has 19 heavy (non-hydrogen) atoms. The zero-order valence-electron chi connectivity index (χ0n) is 10.5. The first kappa shape index (κ1) is 12.9. The van der Waals surface area contributed by atoms with Gasteiger partial charge in [-0.25, -0.2) is 4.79 Å². The molecule has 0 aliphatic carbocycles. The van der Waals surface area contributed by atoms with Crippen LogP contribution in [-0.4, -0.2) is 11.1 Å². The van der Waals surface area contributed by atoms with E-state index >= 15 is 0 Å². The van der Waals surface area contributed by atoms with Crippen molar-refractivity contribution in [1.29, 1.82) is 0 Å². The van der Waals surface area contributed by atoms with Crippen molar-refractivity contribution < 1.29 is 14.6 Å². The molecule has 3 nitrogen and oxygen atoms in total. The Morgan fingerprint density at radius 3 is 2.42 bits per heavy atom. The summed E-state index contributed by atoms with van der Waals surface area (Å²) in [4.78, 5) is 11.8. The summed E-state index contributed by atoms with van der Waals surface area (Å²) in [6, 6.07) is 13.4. The van der Waals surface area contributed by atoms with E-state index in [2.05, 4.69) is 0 Å². The number of carbonyl (C=O) groups excluding carboxylic acids is 1. The normalized spacial score (nSPS) is 10.6. The van der Waals surface area contributed by atoms with E-state index in [1.165, 1.54) is 12.1 Å². The highest BCUT2D eigenvalue weighted by molar-refractivity contribution is 5.93. The van der Waals surface area contributed by atoms with E-state index < -0.39 is 5.97 Å². The Kier molecular flexibility index (Phi) is 3.98. The zero-order chi connectivity index (χ0) is 13.7. The number of rotatable bonds is 3. The number of hydrogen-bond acceptors (Lipinski definition) is 3. The van der Waals surface area contributed by atoms with Crippen LogP contribution in [0.5, 0.6) is 11.5 Å². The van der Waals surface area contributed by atoms with Crippen LogP contribution < -0.4 is 4.74 Å². The Balaban J connectivity index is 2.13. The fourth-order valence-electron chi connectivity index (χ4n) is 1.65. The van der Waals surface area contributed by atoms with Gasteiger partial charge in [0.1, 0.15) is 17.1 Å². The smallest absolute Gasteiger partial charge is 0.347 e. The highest BCUT2D eigenvalue weighted by Crippen LogP contribution is 2.19. The second-order valence-corrected chi connectivity index (χ2v) is 3.98. The minimum Gasteiger partial charge on any atom is -0.507 e. The van der Waals surface area contributed by atoms with E-state index in [9.17, 15) is 9.90 Å². The van der Waals surface area contributed by atoms with Gasteiger partial charge in [0.25, 0.3) is 0 Å². The van der Waals surface area contributed by atoms with Crippen molar-refractivity contribution in [2.45, 2.75) is 6.92 Å². The predicted octanol–water partition coefficient (Wildman–Crippen LogP) is 3.64. The first-order valence-electron chi connectivity index (χ1n) is 5.93. The number of benzene rings is 2. The molecule has 0 atom stereocenters. The molecule has 0 radical (unpaired) electrons. The Morgan fingerprint density at radius 1 is 1.11 bits per heavy atom. The highest BCUT2D eigenvalue weighted by atomic mass is 16.5. The van der Waals surface area contributed by atoms with Gasteiger partial charge in [0, 0.05) is 0 Å². The van der Waals surface area contributed by atoms with Crippen LogP contribution in [0.1, 0.15) is 22.8 Å². The van der Waals surface area contributed by atoms with E-state index in [0.29, 0.717) is 5.75 Å². The lowest BCUT2D eigenvalue weighted by Gasteiger charge is -2.05. The molecule has 0 aliphatic rings. The summed E-state index contributed by atoms with van der Waals surface area (Å²) in [5.41, 5.74) is 1.19. The standard InChI is InChI=1S/C16H14O3/c1-2-5-12-8-10-13(11-9-12)19-16(18)14-6-3-4-7-15(14)17/h2-11,17H,1H3. The van der Waals surface area contributed by atoms with Crippen LogP contribution in [0, 0.1) is 0 Å². The Labute approximate surface area is 111 Å². The molecular formula is C16H14O3. The van der Waals surface area contributed by atoms with Crippen LogP contribution in [0.2, 0.25) is 0 Å². The third kappa shape index (κ3) is 3.22. The van der Waals surface area contributed by atoms with Gasteiger partial charge in [-0.15, -0.1) is 0 Å². The molecule has 0 amide bonds. The van der Waals surface area contributed by atoms with Gasteiger partial charge < -0.3 is 9.84 Å². The number of phenolic OH excluding ortho intramolecular Hbond substituents is 1. The average Bonchev–Trinajstić information content (AvgIpc) is 2.42. The minimum atomic E-state index is -0.572. The van der Waals surface area contributed by atoms with Crippen LogP contribution in [0.15, 0.2) is 54.6 Å². The van der Waals surface area contributed by atoms with Gasteiger partial charge in [0.15, 0.2) is 0 Å². The monoisotopic (exact) mass is 254 g/mol. The van der Waals surface area contributed by atoms with E-state index in [1.807, 2.05) is 31.2 Å². The van der Waals surface area contributed by atoms with Gasteiger partial charge >= 0.3 is 5.97 Å². The van der Waals surface area contributed by atoms with Crippen molar-refractivity contribution in [2.75, 3.05) is 0 Å². The summed E-state index contributed by atoms with van der Waals surface area (Å²) in [5, 5.41) is 9.56. The van der Waals surface area contributed by atoms with Gasteiger partial charge in [-0.2, -0.15) is 0 Å². The molecule has 0 saturated heterocycles. The quantitative estimate of drug-likeness (QED) is 0.671. The fourth-order valence-corrected chi connectivity index (χ4v) is 1.65. The summed E-state index contributed by atoms with van der Waals surface area (Å²) in [7, 11) is 0. The molecule has 96 valence electrons. The number of para-hydroxylation sites is 1. The van der Waals surface area contributed by atoms with Crippen molar-refractivity contribution >= 4 is 12.0 Å². The lowest BCUT2D eigenvalue weighted by Crippen LogP contribution is -2.08. The lowest BCUT2D eigenvalue weighted by atomic mass is 10.2. The maximum atomic E-state index is 11.8. The fraction of sp³-hybridized carbons (Fsp3) is 0.0625. The number of aromatic hydroxyl groups is 1. The Hall–Kier alpha value is -2.55. The number of carbonyl (C=O) groups is 1. The molecule has 0 bridgehead atoms. The molecule has 0 aromatic heterocycles. The first-order valence-corrected chi connectivity index (χ1v) is 5.93. The molecule has 3 heteroatoms. The van der Waals surface area contributed by atoms with Gasteiger partial charge in [-0.1, -0.05) is 36.4 Å². The molecule has 0 spiro atoms. The van der Waals surface area contributed by atoms with Crippen LogP contribution in [0.25, 0.3) is 6.08 Å². The molecule has 0 saturated carbocycles. The van der Waals surface area contributed by atoms with Crippen molar-refractivity contribution in [1.82, 2.24) is 0 Å². The van der Waals surface area contributed by atoms with E-state index in [4.69, 9.17) is 4.74 Å². The highest BCUT2D eigenvalue weighted by Gasteiger charge is 2.12. The summed E-state index contributed by atoms with van der Waals surface area (Å²) in [6.45, 7) is 1.94. The summed E-state index contributed by atoms with van der Waals surface area (Å²) >= 11 is 0. The maximum absolute atomic E-state index is 11.8. The minimum absolute atomic E-state index is 0.0852. The molecule has 0 aliphatic heterocycles. The van der Waals surface area contributed by atoms with Gasteiger partial charge in [0.05, 0.1) is 0 Å². The predicted molar refractivity (Wildman–Crippen MR) is 74.2 cm³/mol. The number of phenols is 1. The summed E-state index contributed by atoms with van der Waals surface area (Å²) < 4.78 is 5.19. The van der Waals surface area contributed by atoms with E-state index in [-0.39, 0.29) is 11.3 Å². The first-order chi connectivity index (χ1) is 9.20. The van der Waals surface area contributed by atoms with Gasteiger partial charge in [0.2, 0.25) is 0 Å². The van der Waals surface area contributed by atoms with E-state index in [0.717, 1.165) is 5.56 Å². The van der Waals surface area contributed by atoms with Crippen molar-refractivity contribution in [2.24, 2.45) is 0 Å². The van der Waals surface area contributed by atoms with Crippen LogP contribution >= 0.6 is 0 Å². The SMILES string of the molecule is CC=Cc1ccc(OC(=O)c2ccccc2O)cc1. The van der Waals surface area contributed by atoms with Gasteiger partial charge in [-0.3, -0.25) is 0 Å². The summed E-state index contributed by atoms with van der Waals surface area (Å²) in [6.07, 6.45) is 3.89. The molecule has 0 heterocycles. The van der Waals surface area contributed by atoms with Crippen molar-refractivity contribution in [3.05, 3.63) is 65.7 Å². The topological polar surface area (TPSA) is 46.5 Å². The van der Waals surface area contributed by atoms with Crippen molar-refractivity contribution in [3.63, 3.8) is 0 Å². The Morgan fingerprint density at radius 2 is 1.79 bits per heavy atom. The second kappa shape index (κ2) is 5.87. The molecular weight excluding hydrogens is 240 g/mol. The molecule has 2 aromatic rings. The third-order valence-electron chi connectivity index (χ3n) is 2.57. The molecule has 0 fully saturated rings.